The fourth-order valence-corrected chi connectivity index (χ4v) is 1.66. The minimum absolute atomic E-state index is 0.268. The fraction of sp³-hybridized carbons (Fsp3) is 0.333. The lowest BCUT2D eigenvalue weighted by atomic mass is 10.3. The molecule has 3 rings (SSSR count). The van der Waals surface area contributed by atoms with Crippen molar-refractivity contribution in [2.75, 3.05) is 0 Å². The topological polar surface area (TPSA) is 42.7 Å². The minimum Gasteiger partial charge on any atom is -0.308 e. The number of aromatic nitrogens is 3. The lowest BCUT2D eigenvalue weighted by Crippen LogP contribution is -2.15. The highest BCUT2D eigenvalue weighted by Gasteiger charge is 2.20. The van der Waals surface area contributed by atoms with Gasteiger partial charge < -0.3 is 5.32 Å². The van der Waals surface area contributed by atoms with Gasteiger partial charge in [0.25, 0.3) is 0 Å². The van der Waals surface area contributed by atoms with Gasteiger partial charge in [0.2, 0.25) is 0 Å². The van der Waals surface area contributed by atoms with Crippen molar-refractivity contribution in [1.29, 1.82) is 0 Å². The average molecular weight is 232 g/mol. The quantitative estimate of drug-likeness (QED) is 0.871. The predicted molar refractivity (Wildman–Crippen MR) is 61.2 cm³/mol. The number of rotatable bonds is 4. The highest BCUT2D eigenvalue weighted by Crippen LogP contribution is 2.19. The molecule has 1 aromatic heterocycles. The van der Waals surface area contributed by atoms with Crippen molar-refractivity contribution in [1.82, 2.24) is 20.3 Å². The number of nitrogens with one attached hydrogen (secondary N) is 1. The molecule has 1 saturated carbocycles. The minimum atomic E-state index is -0.268. The number of benzene rings is 1. The van der Waals surface area contributed by atoms with Crippen LogP contribution in [0.25, 0.3) is 5.69 Å². The van der Waals surface area contributed by atoms with Gasteiger partial charge in [-0.2, -0.15) is 0 Å². The third-order valence-electron chi connectivity index (χ3n) is 2.76. The number of nitrogens with zero attached hydrogens (tertiary/aromatic N) is 3. The zero-order valence-corrected chi connectivity index (χ0v) is 9.31. The molecular weight excluding hydrogens is 219 g/mol. The Morgan fingerprint density at radius 3 is 3.06 bits per heavy atom. The van der Waals surface area contributed by atoms with Gasteiger partial charge in [0.05, 0.1) is 17.6 Å². The molecule has 17 heavy (non-hydrogen) atoms. The van der Waals surface area contributed by atoms with E-state index in [1.807, 2.05) is 6.20 Å². The maximum Gasteiger partial charge on any atom is 0.125 e. The van der Waals surface area contributed by atoms with E-state index >= 15 is 0 Å². The fourth-order valence-electron chi connectivity index (χ4n) is 1.66. The van der Waals surface area contributed by atoms with E-state index in [1.54, 1.807) is 16.8 Å². The molecule has 1 N–H and O–H groups in total. The van der Waals surface area contributed by atoms with Crippen LogP contribution in [0.1, 0.15) is 18.5 Å². The highest BCUT2D eigenvalue weighted by molar-refractivity contribution is 5.30. The van der Waals surface area contributed by atoms with Gasteiger partial charge in [0, 0.05) is 12.6 Å². The normalized spacial score (nSPS) is 15.1. The molecule has 1 aliphatic carbocycles. The van der Waals surface area contributed by atoms with Gasteiger partial charge >= 0.3 is 0 Å². The maximum atomic E-state index is 13.0. The summed E-state index contributed by atoms with van der Waals surface area (Å²) in [5, 5.41) is 11.4. The van der Waals surface area contributed by atoms with E-state index in [9.17, 15) is 4.39 Å². The smallest absolute Gasteiger partial charge is 0.125 e. The van der Waals surface area contributed by atoms with Crippen LogP contribution < -0.4 is 5.32 Å². The Hall–Kier alpha value is -1.75. The number of halogens is 1. The van der Waals surface area contributed by atoms with Crippen molar-refractivity contribution in [3.05, 3.63) is 42.0 Å². The van der Waals surface area contributed by atoms with Crippen LogP contribution in [0.2, 0.25) is 0 Å². The highest BCUT2D eigenvalue weighted by atomic mass is 19.1. The Labute approximate surface area is 98.5 Å². The summed E-state index contributed by atoms with van der Waals surface area (Å²) in [5.41, 5.74) is 1.57. The number of hydrogen-bond acceptors (Lipinski definition) is 3. The summed E-state index contributed by atoms with van der Waals surface area (Å²) in [6.07, 6.45) is 4.32. The average Bonchev–Trinajstić information content (AvgIpc) is 3.04. The molecule has 2 aromatic rings. The van der Waals surface area contributed by atoms with Crippen LogP contribution in [0.3, 0.4) is 0 Å². The van der Waals surface area contributed by atoms with Crippen LogP contribution >= 0.6 is 0 Å². The van der Waals surface area contributed by atoms with Gasteiger partial charge in [-0.15, -0.1) is 5.10 Å². The second-order valence-corrected chi connectivity index (χ2v) is 4.29. The Kier molecular flexibility index (Phi) is 2.60. The van der Waals surface area contributed by atoms with Gasteiger partial charge in [-0.3, -0.25) is 0 Å². The molecule has 0 amide bonds. The van der Waals surface area contributed by atoms with Crippen molar-refractivity contribution in [2.45, 2.75) is 25.4 Å². The zero-order chi connectivity index (χ0) is 11.7. The Bertz CT molecular complexity index is 519. The lowest BCUT2D eigenvalue weighted by molar-refractivity contribution is 0.624. The van der Waals surface area contributed by atoms with E-state index < -0.39 is 0 Å². The summed E-state index contributed by atoms with van der Waals surface area (Å²) < 4.78 is 14.6. The van der Waals surface area contributed by atoms with Crippen LogP contribution in [0, 0.1) is 5.82 Å². The first-order chi connectivity index (χ1) is 8.31. The van der Waals surface area contributed by atoms with Gasteiger partial charge in [0.1, 0.15) is 5.82 Å². The molecule has 1 aliphatic rings. The molecule has 0 unspecified atom stereocenters. The molecular formula is C12H13FN4. The van der Waals surface area contributed by atoms with E-state index in [-0.39, 0.29) is 5.82 Å². The molecule has 0 aliphatic heterocycles. The molecule has 0 spiro atoms. The van der Waals surface area contributed by atoms with Crippen molar-refractivity contribution < 1.29 is 4.39 Å². The van der Waals surface area contributed by atoms with E-state index in [1.165, 1.54) is 25.0 Å². The Morgan fingerprint density at radius 2 is 2.29 bits per heavy atom. The van der Waals surface area contributed by atoms with Crippen LogP contribution in [-0.4, -0.2) is 21.0 Å². The summed E-state index contributed by atoms with van der Waals surface area (Å²) in [7, 11) is 0. The van der Waals surface area contributed by atoms with Gasteiger partial charge in [-0.25, -0.2) is 9.07 Å². The molecule has 88 valence electrons. The summed E-state index contributed by atoms with van der Waals surface area (Å²) in [6.45, 7) is 0.722. The van der Waals surface area contributed by atoms with E-state index in [4.69, 9.17) is 0 Å². The maximum absolute atomic E-state index is 13.0. The SMILES string of the molecule is Fc1cccc(-n2cc(CNC3CC3)nn2)c1. The zero-order valence-electron chi connectivity index (χ0n) is 9.31. The van der Waals surface area contributed by atoms with Crippen LogP contribution in [0.5, 0.6) is 0 Å². The summed E-state index contributed by atoms with van der Waals surface area (Å²) in [6, 6.07) is 6.96. The molecule has 0 radical (unpaired) electrons. The summed E-state index contributed by atoms with van der Waals surface area (Å²) >= 11 is 0. The van der Waals surface area contributed by atoms with Crippen molar-refractivity contribution >= 4 is 0 Å². The van der Waals surface area contributed by atoms with Crippen molar-refractivity contribution in [3.63, 3.8) is 0 Å². The predicted octanol–water partition coefficient (Wildman–Crippen LogP) is 1.66. The first-order valence-electron chi connectivity index (χ1n) is 5.72. The molecule has 0 bridgehead atoms. The molecule has 1 aromatic carbocycles. The largest absolute Gasteiger partial charge is 0.308 e. The summed E-state index contributed by atoms with van der Waals surface area (Å²) in [5.74, 6) is -0.268. The van der Waals surface area contributed by atoms with Crippen molar-refractivity contribution in [2.24, 2.45) is 0 Å². The van der Waals surface area contributed by atoms with Gasteiger partial charge in [-0.1, -0.05) is 11.3 Å². The van der Waals surface area contributed by atoms with Crippen LogP contribution in [0.4, 0.5) is 4.39 Å². The molecule has 4 nitrogen and oxygen atoms in total. The molecule has 5 heteroatoms. The Balaban J connectivity index is 1.74. The molecule has 0 atom stereocenters. The third-order valence-corrected chi connectivity index (χ3v) is 2.76. The monoisotopic (exact) mass is 232 g/mol. The molecule has 1 heterocycles. The third kappa shape index (κ3) is 2.50. The summed E-state index contributed by atoms with van der Waals surface area (Å²) in [4.78, 5) is 0. The van der Waals surface area contributed by atoms with E-state index in [2.05, 4.69) is 15.6 Å². The number of hydrogen-bond donors (Lipinski definition) is 1. The molecule has 1 fully saturated rings. The van der Waals surface area contributed by atoms with Gasteiger partial charge in [0.15, 0.2) is 0 Å². The standard InChI is InChI=1S/C12H13FN4/c13-9-2-1-3-12(6-9)17-8-11(15-16-17)7-14-10-4-5-10/h1-3,6,8,10,14H,4-5,7H2. The van der Waals surface area contributed by atoms with E-state index in [0.29, 0.717) is 11.7 Å². The van der Waals surface area contributed by atoms with Crippen molar-refractivity contribution in [3.8, 4) is 5.69 Å². The first kappa shape index (κ1) is 10.4. The lowest BCUT2D eigenvalue weighted by Gasteiger charge is -1.99. The van der Waals surface area contributed by atoms with Crippen LogP contribution in [0.15, 0.2) is 30.5 Å². The second kappa shape index (κ2) is 4.25. The molecule has 0 saturated heterocycles. The van der Waals surface area contributed by atoms with Crippen LogP contribution in [-0.2, 0) is 6.54 Å². The second-order valence-electron chi connectivity index (χ2n) is 4.29. The Morgan fingerprint density at radius 1 is 1.41 bits per heavy atom. The van der Waals surface area contributed by atoms with Gasteiger partial charge in [-0.05, 0) is 31.0 Å². The van der Waals surface area contributed by atoms with E-state index in [0.717, 1.165) is 12.2 Å². The first-order valence-corrected chi connectivity index (χ1v) is 5.72.